The summed E-state index contributed by atoms with van der Waals surface area (Å²) < 4.78 is 0. The van der Waals surface area contributed by atoms with Gasteiger partial charge in [-0.15, -0.1) is 0 Å². The molecule has 0 fully saturated rings. The van der Waals surface area contributed by atoms with E-state index in [0.29, 0.717) is 11.1 Å². The highest BCUT2D eigenvalue weighted by atomic mass is 16.6. The smallest absolute Gasteiger partial charge is 0.338 e. The van der Waals surface area contributed by atoms with Gasteiger partial charge in [-0.05, 0) is 5.56 Å². The Kier molecular flexibility index (Phi) is 4.10. The van der Waals surface area contributed by atoms with Gasteiger partial charge in [-0.3, -0.25) is 14.9 Å². The molecule has 0 amide bonds. The van der Waals surface area contributed by atoms with E-state index in [-0.39, 0.29) is 6.04 Å². The lowest BCUT2D eigenvalue weighted by Gasteiger charge is -2.16. The molecule has 0 heterocycles. The number of carboxylic acid groups (broad SMARTS) is 1. The summed E-state index contributed by atoms with van der Waals surface area (Å²) in [6.07, 6.45) is 0. The summed E-state index contributed by atoms with van der Waals surface area (Å²) in [5.41, 5.74) is 0.685. The van der Waals surface area contributed by atoms with Gasteiger partial charge in [0.25, 0.3) is 0 Å². The third kappa shape index (κ3) is 2.83. The van der Waals surface area contributed by atoms with Crippen molar-refractivity contribution in [2.24, 2.45) is 0 Å². The monoisotopic (exact) mass is 270 g/mol. The van der Waals surface area contributed by atoms with Crippen LogP contribution in [0.25, 0.3) is 0 Å². The fourth-order valence-corrected chi connectivity index (χ4v) is 2.05. The normalized spacial score (nSPS) is 12.1. The predicted molar refractivity (Wildman–Crippen MR) is 72.6 cm³/mol. The molecule has 0 bridgehead atoms. The van der Waals surface area contributed by atoms with Crippen molar-refractivity contribution in [1.29, 1.82) is 0 Å². The third-order valence-electron chi connectivity index (χ3n) is 2.92. The van der Waals surface area contributed by atoms with Gasteiger partial charge in [0.15, 0.2) is 5.92 Å². The first kappa shape index (κ1) is 13.7. The van der Waals surface area contributed by atoms with Crippen molar-refractivity contribution in [1.82, 2.24) is 0 Å². The Labute approximate surface area is 115 Å². The molecule has 0 aliphatic heterocycles. The number of nitro groups is 1. The largest absolute Gasteiger partial charge is 0.481 e. The minimum absolute atomic E-state index is 0.300. The number of carboxylic acids is 1. The Morgan fingerprint density at radius 3 is 1.95 bits per heavy atom. The molecule has 1 atom stereocenters. The Bertz CT molecular complexity index is 542. The van der Waals surface area contributed by atoms with Gasteiger partial charge >= 0.3 is 12.0 Å². The van der Waals surface area contributed by atoms with Crippen LogP contribution in [0, 0.1) is 16.2 Å². The van der Waals surface area contributed by atoms with Gasteiger partial charge in [0.2, 0.25) is 0 Å². The Morgan fingerprint density at radius 2 is 1.50 bits per heavy atom. The summed E-state index contributed by atoms with van der Waals surface area (Å²) in [7, 11) is 0. The molecule has 1 radical (unpaired) electrons. The molecule has 101 valence electrons. The Hall–Kier alpha value is -2.69. The van der Waals surface area contributed by atoms with Crippen molar-refractivity contribution in [3.8, 4) is 0 Å². The molecule has 0 aliphatic rings. The summed E-state index contributed by atoms with van der Waals surface area (Å²) in [6.45, 7) is 0. The maximum atomic E-state index is 11.5. The summed E-state index contributed by atoms with van der Waals surface area (Å²) in [4.78, 5) is 22.2. The van der Waals surface area contributed by atoms with Gasteiger partial charge in [0.1, 0.15) is 0 Å². The van der Waals surface area contributed by atoms with Crippen LogP contribution in [0.1, 0.15) is 17.0 Å². The second-order valence-corrected chi connectivity index (χ2v) is 4.19. The lowest BCUT2D eigenvalue weighted by atomic mass is 9.87. The molecule has 1 N–H and O–H groups in total. The molecule has 0 aliphatic carbocycles. The van der Waals surface area contributed by atoms with E-state index in [2.05, 4.69) is 0 Å². The van der Waals surface area contributed by atoms with E-state index in [1.807, 2.05) is 0 Å². The number of carbonyl (C=O) groups is 1. The number of rotatable bonds is 5. The minimum Gasteiger partial charge on any atom is -0.481 e. The zero-order valence-corrected chi connectivity index (χ0v) is 10.5. The molecule has 0 spiro atoms. The molecule has 5 nitrogen and oxygen atoms in total. The molecule has 20 heavy (non-hydrogen) atoms. The number of hydrogen-bond donors (Lipinski definition) is 1. The average Bonchev–Trinajstić information content (AvgIpc) is 2.45. The SMILES string of the molecule is O=C(O)C([C](c1ccccc1)[N+](=O)[O-])c1ccccc1. The Morgan fingerprint density at radius 1 is 1.00 bits per heavy atom. The van der Waals surface area contributed by atoms with Crippen LogP contribution in [0.3, 0.4) is 0 Å². The fraction of sp³-hybridized carbons (Fsp3) is 0.0667. The molecule has 0 saturated carbocycles. The van der Waals surface area contributed by atoms with Crippen LogP contribution in [0.2, 0.25) is 0 Å². The zero-order valence-electron chi connectivity index (χ0n) is 10.5. The highest BCUT2D eigenvalue weighted by Crippen LogP contribution is 2.32. The highest BCUT2D eigenvalue weighted by molar-refractivity contribution is 5.79. The number of aliphatic carboxylic acids is 1. The zero-order chi connectivity index (χ0) is 14.5. The minimum atomic E-state index is -1.30. The molecular weight excluding hydrogens is 258 g/mol. The van der Waals surface area contributed by atoms with E-state index in [9.17, 15) is 20.0 Å². The average molecular weight is 270 g/mol. The van der Waals surface area contributed by atoms with Crippen LogP contribution in [-0.2, 0) is 4.79 Å². The van der Waals surface area contributed by atoms with Crippen LogP contribution >= 0.6 is 0 Å². The topological polar surface area (TPSA) is 80.4 Å². The van der Waals surface area contributed by atoms with Gasteiger partial charge in [0, 0.05) is 10.5 Å². The van der Waals surface area contributed by atoms with Crippen LogP contribution < -0.4 is 0 Å². The number of benzene rings is 2. The second-order valence-electron chi connectivity index (χ2n) is 4.19. The molecule has 1 unspecified atom stereocenters. The molecule has 2 aromatic carbocycles. The van der Waals surface area contributed by atoms with Crippen molar-refractivity contribution in [2.75, 3.05) is 0 Å². The van der Waals surface area contributed by atoms with Gasteiger partial charge in [-0.1, -0.05) is 60.7 Å². The van der Waals surface area contributed by atoms with E-state index in [1.54, 1.807) is 48.5 Å². The van der Waals surface area contributed by atoms with Gasteiger partial charge in [-0.25, -0.2) is 0 Å². The van der Waals surface area contributed by atoms with Crippen LogP contribution in [0.15, 0.2) is 60.7 Å². The maximum Gasteiger partial charge on any atom is 0.338 e. The summed E-state index contributed by atoms with van der Waals surface area (Å²) in [6, 6.07) is 16.0. The van der Waals surface area contributed by atoms with Crippen molar-refractivity contribution in [3.05, 3.63) is 87.9 Å². The van der Waals surface area contributed by atoms with Crippen molar-refractivity contribution in [2.45, 2.75) is 5.92 Å². The van der Waals surface area contributed by atoms with E-state index in [4.69, 9.17) is 0 Å². The Balaban J connectivity index is 2.50. The standard InChI is InChI=1S/C15H12NO4/c17-15(18)13(11-7-3-1-4-8-11)14(16(19)20)12-9-5-2-6-10-12/h1-10,13H,(H,17,18). The van der Waals surface area contributed by atoms with Gasteiger partial charge < -0.3 is 5.11 Å². The van der Waals surface area contributed by atoms with Crippen molar-refractivity contribution < 1.29 is 14.8 Å². The van der Waals surface area contributed by atoms with E-state index < -0.39 is 16.8 Å². The second kappa shape index (κ2) is 5.97. The van der Waals surface area contributed by atoms with Gasteiger partial charge in [0.05, 0.1) is 0 Å². The molecule has 0 aromatic heterocycles. The number of nitrogens with zero attached hydrogens (tertiary/aromatic N) is 1. The lowest BCUT2D eigenvalue weighted by molar-refractivity contribution is -0.461. The van der Waals surface area contributed by atoms with Crippen LogP contribution in [0.4, 0.5) is 0 Å². The van der Waals surface area contributed by atoms with Crippen LogP contribution in [-0.4, -0.2) is 16.0 Å². The van der Waals surface area contributed by atoms with Crippen molar-refractivity contribution >= 4 is 5.97 Å². The summed E-state index contributed by atoms with van der Waals surface area (Å²) in [5.74, 6) is -2.54. The molecule has 0 saturated heterocycles. The van der Waals surface area contributed by atoms with Gasteiger partial charge in [-0.2, -0.15) is 0 Å². The first-order valence-corrected chi connectivity index (χ1v) is 5.95. The highest BCUT2D eigenvalue weighted by Gasteiger charge is 2.42. The third-order valence-corrected chi connectivity index (χ3v) is 2.92. The fourth-order valence-electron chi connectivity index (χ4n) is 2.05. The van der Waals surface area contributed by atoms with E-state index >= 15 is 0 Å². The first-order chi connectivity index (χ1) is 9.61. The maximum absolute atomic E-state index is 11.5. The molecule has 2 aromatic rings. The summed E-state index contributed by atoms with van der Waals surface area (Å²) >= 11 is 0. The molecule has 2 rings (SSSR count). The number of hydrogen-bond acceptors (Lipinski definition) is 3. The van der Waals surface area contributed by atoms with Crippen molar-refractivity contribution in [3.63, 3.8) is 0 Å². The molecular formula is C15H12NO4. The lowest BCUT2D eigenvalue weighted by Crippen LogP contribution is -2.26. The van der Waals surface area contributed by atoms with E-state index in [0.717, 1.165) is 0 Å². The van der Waals surface area contributed by atoms with E-state index in [1.165, 1.54) is 12.1 Å². The quantitative estimate of drug-likeness (QED) is 0.669. The molecule has 5 heteroatoms. The van der Waals surface area contributed by atoms with Crippen LogP contribution in [0.5, 0.6) is 0 Å². The predicted octanol–water partition coefficient (Wildman–Crippen LogP) is 2.71. The summed E-state index contributed by atoms with van der Waals surface area (Å²) in [5, 5.41) is 20.7. The first-order valence-electron chi connectivity index (χ1n) is 5.95.